The van der Waals surface area contributed by atoms with Gasteiger partial charge in [0.05, 0.1) is 7.11 Å². The van der Waals surface area contributed by atoms with Gasteiger partial charge in [-0.05, 0) is 0 Å². The van der Waals surface area contributed by atoms with E-state index in [4.69, 9.17) is 4.84 Å². The summed E-state index contributed by atoms with van der Waals surface area (Å²) < 4.78 is 74.5. The lowest BCUT2D eigenvalue weighted by molar-refractivity contribution is -0.155. The Hall–Kier alpha value is -3.30. The number of rotatable bonds is 5. The summed E-state index contributed by atoms with van der Waals surface area (Å²) in [5, 5.41) is 3.54. The van der Waals surface area contributed by atoms with Crippen molar-refractivity contribution in [3.05, 3.63) is 33.9 Å². The molecule has 0 atom stereocenters. The molecule has 160 valence electrons. The number of amides is 1. The molecule has 0 aliphatic carbocycles. The Morgan fingerprint density at radius 1 is 1.31 bits per heavy atom. The van der Waals surface area contributed by atoms with Crippen LogP contribution in [0.5, 0.6) is 0 Å². The number of methoxy groups -OCH3 is 1. The molecule has 29 heavy (non-hydrogen) atoms. The van der Waals surface area contributed by atoms with Crippen LogP contribution in [0.25, 0.3) is 0 Å². The summed E-state index contributed by atoms with van der Waals surface area (Å²) in [7, 11) is -3.49. The molecule has 0 saturated carbocycles. The number of sulfonamides is 1. The number of aromatic nitrogens is 3. The third-order valence-electron chi connectivity index (χ3n) is 3.39. The van der Waals surface area contributed by atoms with Crippen LogP contribution in [0.15, 0.2) is 20.4 Å². The molecule has 2 aromatic heterocycles. The second-order valence-corrected chi connectivity index (χ2v) is 6.77. The first-order valence-electron chi connectivity index (χ1n) is 7.48. The van der Waals surface area contributed by atoms with Gasteiger partial charge >= 0.3 is 23.9 Å². The number of furan rings is 1. The summed E-state index contributed by atoms with van der Waals surface area (Å²) in [6.45, 7) is 1.54. The van der Waals surface area contributed by atoms with Crippen LogP contribution in [-0.4, -0.2) is 49.1 Å². The van der Waals surface area contributed by atoms with Gasteiger partial charge in [0.2, 0.25) is 5.76 Å². The molecule has 0 aliphatic rings. The number of hydrogen-bond donors (Lipinski definition) is 1. The van der Waals surface area contributed by atoms with Crippen LogP contribution in [0, 0.1) is 0 Å². The van der Waals surface area contributed by atoms with E-state index >= 15 is 0 Å². The summed E-state index contributed by atoms with van der Waals surface area (Å²) in [6.07, 6.45) is -5.01. The van der Waals surface area contributed by atoms with Crippen molar-refractivity contribution < 1.29 is 45.2 Å². The van der Waals surface area contributed by atoms with Crippen LogP contribution in [0.1, 0.15) is 28.9 Å². The Morgan fingerprint density at radius 2 is 1.93 bits per heavy atom. The zero-order valence-electron chi connectivity index (χ0n) is 14.9. The SMILES string of the molecule is CCc1nn(C(=O)NS(=O)(=O)c2c(C(=O)OC)coc2C(F)(F)F)c(=O)n1OC. The highest BCUT2D eigenvalue weighted by atomic mass is 32.2. The fraction of sp³-hybridized carbons (Fsp3) is 0.385. The van der Waals surface area contributed by atoms with Crippen molar-refractivity contribution in [3.63, 3.8) is 0 Å². The van der Waals surface area contributed by atoms with Gasteiger partial charge in [0.1, 0.15) is 18.9 Å². The monoisotopic (exact) mass is 442 g/mol. The molecule has 0 saturated heterocycles. The van der Waals surface area contributed by atoms with Gasteiger partial charge in [-0.25, -0.2) is 27.5 Å². The number of esters is 1. The van der Waals surface area contributed by atoms with Crippen molar-refractivity contribution in [2.24, 2.45) is 0 Å². The molecule has 0 fully saturated rings. The van der Waals surface area contributed by atoms with E-state index in [1.807, 2.05) is 0 Å². The maximum atomic E-state index is 13.1. The molecule has 2 heterocycles. The van der Waals surface area contributed by atoms with Crippen molar-refractivity contribution >= 4 is 22.0 Å². The van der Waals surface area contributed by atoms with Gasteiger partial charge in [-0.1, -0.05) is 6.92 Å². The van der Waals surface area contributed by atoms with Gasteiger partial charge in [0.15, 0.2) is 10.7 Å². The fourth-order valence-corrected chi connectivity index (χ4v) is 3.44. The normalized spacial score (nSPS) is 11.9. The van der Waals surface area contributed by atoms with Gasteiger partial charge in [-0.15, -0.1) is 14.5 Å². The Morgan fingerprint density at radius 3 is 2.38 bits per heavy atom. The van der Waals surface area contributed by atoms with Gasteiger partial charge in [0.25, 0.3) is 10.0 Å². The number of carbonyl (C=O) groups is 2. The lowest BCUT2D eigenvalue weighted by Gasteiger charge is -2.09. The first-order valence-corrected chi connectivity index (χ1v) is 8.96. The summed E-state index contributed by atoms with van der Waals surface area (Å²) >= 11 is 0. The number of halogens is 3. The van der Waals surface area contributed by atoms with E-state index in [1.165, 1.54) is 4.72 Å². The second-order valence-electron chi connectivity index (χ2n) is 5.15. The van der Waals surface area contributed by atoms with Crippen LogP contribution < -0.4 is 15.2 Å². The third kappa shape index (κ3) is 3.96. The van der Waals surface area contributed by atoms with E-state index in [1.54, 1.807) is 6.92 Å². The first-order chi connectivity index (χ1) is 13.4. The average Bonchev–Trinajstić information content (AvgIpc) is 3.22. The Balaban J connectivity index is 2.56. The molecular formula is C13H13F3N4O8S. The third-order valence-corrected chi connectivity index (χ3v) is 4.78. The van der Waals surface area contributed by atoms with Gasteiger partial charge in [-0.2, -0.15) is 13.2 Å². The first kappa shape index (κ1) is 22.0. The Bertz CT molecular complexity index is 1110. The predicted octanol–water partition coefficient (Wildman–Crippen LogP) is 0.0106. The lowest BCUT2D eigenvalue weighted by Crippen LogP contribution is -2.42. The van der Waals surface area contributed by atoms with E-state index in [-0.39, 0.29) is 23.2 Å². The number of alkyl halides is 3. The molecule has 0 radical (unpaired) electrons. The summed E-state index contributed by atoms with van der Waals surface area (Å²) in [4.78, 5) is 38.9. The molecule has 0 aliphatic heterocycles. The molecule has 0 aromatic carbocycles. The van der Waals surface area contributed by atoms with Crippen LogP contribution in [0.2, 0.25) is 0 Å². The van der Waals surface area contributed by atoms with Crippen molar-refractivity contribution in [1.82, 2.24) is 19.2 Å². The summed E-state index contributed by atoms with van der Waals surface area (Å²) in [5.74, 6) is -3.60. The van der Waals surface area contributed by atoms with Crippen LogP contribution >= 0.6 is 0 Å². The standard InChI is InChI=1S/C13H13F3N4O8S/c1-4-7-17-19(12(23)20(7)27-3)11(22)18-29(24,25)8-6(10(21)26-2)5-28-9(8)13(14,15)16/h5H,4H2,1-3H3,(H,18,22). The highest BCUT2D eigenvalue weighted by Crippen LogP contribution is 2.37. The topological polar surface area (TPSA) is 152 Å². The quantitative estimate of drug-likeness (QED) is 0.631. The number of aryl methyl sites for hydroxylation is 1. The van der Waals surface area contributed by atoms with Crippen molar-refractivity contribution in [2.45, 2.75) is 24.4 Å². The van der Waals surface area contributed by atoms with Crippen LogP contribution in [0.3, 0.4) is 0 Å². The Kier molecular flexibility index (Phi) is 5.77. The van der Waals surface area contributed by atoms with E-state index in [9.17, 15) is 36.0 Å². The summed E-state index contributed by atoms with van der Waals surface area (Å²) in [6, 6.07) is -1.72. The molecule has 0 unspecified atom stereocenters. The number of ether oxygens (including phenoxy) is 1. The minimum atomic E-state index is -5.36. The number of nitrogens with zero attached hydrogens (tertiary/aromatic N) is 3. The maximum Gasteiger partial charge on any atom is 0.450 e. The molecule has 2 aromatic rings. The van der Waals surface area contributed by atoms with Crippen LogP contribution in [0.4, 0.5) is 18.0 Å². The lowest BCUT2D eigenvalue weighted by atomic mass is 10.3. The molecular weight excluding hydrogens is 429 g/mol. The molecule has 2 rings (SSSR count). The van der Waals surface area contributed by atoms with Crippen LogP contribution in [-0.2, 0) is 27.4 Å². The maximum absolute atomic E-state index is 13.1. The zero-order valence-corrected chi connectivity index (χ0v) is 15.8. The van der Waals surface area contributed by atoms with Crippen molar-refractivity contribution in [3.8, 4) is 0 Å². The van der Waals surface area contributed by atoms with Gasteiger partial charge in [-0.3, -0.25) is 0 Å². The summed E-state index contributed by atoms with van der Waals surface area (Å²) in [5.41, 5.74) is -2.32. The highest BCUT2D eigenvalue weighted by molar-refractivity contribution is 7.90. The second kappa shape index (κ2) is 7.61. The largest absolute Gasteiger partial charge is 0.465 e. The van der Waals surface area contributed by atoms with E-state index in [2.05, 4.69) is 14.3 Å². The van der Waals surface area contributed by atoms with Gasteiger partial charge < -0.3 is 14.0 Å². The van der Waals surface area contributed by atoms with Gasteiger partial charge in [0, 0.05) is 6.42 Å². The molecule has 0 spiro atoms. The average molecular weight is 442 g/mol. The minimum absolute atomic E-state index is 0.0328. The van der Waals surface area contributed by atoms with E-state index < -0.39 is 50.1 Å². The van der Waals surface area contributed by atoms with Crippen molar-refractivity contribution in [1.29, 1.82) is 0 Å². The zero-order chi connectivity index (χ0) is 22.1. The molecule has 16 heteroatoms. The highest BCUT2D eigenvalue weighted by Gasteiger charge is 2.45. The molecule has 0 bridgehead atoms. The van der Waals surface area contributed by atoms with Crippen molar-refractivity contribution in [2.75, 3.05) is 14.2 Å². The predicted molar refractivity (Wildman–Crippen MR) is 84.5 cm³/mol. The minimum Gasteiger partial charge on any atom is -0.465 e. The fourth-order valence-electron chi connectivity index (χ4n) is 2.19. The molecule has 1 amide bonds. The molecule has 12 nitrogen and oxygen atoms in total. The van der Waals surface area contributed by atoms with E-state index in [0.717, 1.165) is 14.2 Å². The smallest absolute Gasteiger partial charge is 0.450 e. The number of carbonyl (C=O) groups excluding carboxylic acids is 2. The van der Waals surface area contributed by atoms with E-state index in [0.29, 0.717) is 4.73 Å². The number of hydrogen-bond acceptors (Lipinski definition) is 9. The Labute approximate surface area is 159 Å². The molecule has 1 N–H and O–H groups in total. The number of nitrogens with one attached hydrogen (secondary N) is 1.